The van der Waals surface area contributed by atoms with Gasteiger partial charge in [-0.05, 0) is 50.8 Å². The Morgan fingerprint density at radius 3 is 2.73 bits per heavy atom. The summed E-state index contributed by atoms with van der Waals surface area (Å²) in [5.41, 5.74) is 2.94. The van der Waals surface area contributed by atoms with E-state index in [0.29, 0.717) is 18.1 Å². The van der Waals surface area contributed by atoms with Crippen LogP contribution in [0.25, 0.3) is 10.8 Å². The van der Waals surface area contributed by atoms with E-state index in [4.69, 9.17) is 0 Å². The molecule has 1 atom stereocenters. The van der Waals surface area contributed by atoms with Crippen LogP contribution in [0, 0.1) is 24.7 Å². The van der Waals surface area contributed by atoms with Gasteiger partial charge in [-0.2, -0.15) is 0 Å². The van der Waals surface area contributed by atoms with Gasteiger partial charge >= 0.3 is 0 Å². The van der Waals surface area contributed by atoms with E-state index < -0.39 is 0 Å². The van der Waals surface area contributed by atoms with Crippen molar-refractivity contribution in [3.8, 4) is 11.8 Å². The summed E-state index contributed by atoms with van der Waals surface area (Å²) in [5.74, 6) is 6.92. The van der Waals surface area contributed by atoms with E-state index >= 15 is 0 Å². The van der Waals surface area contributed by atoms with Crippen molar-refractivity contribution in [2.45, 2.75) is 32.7 Å². The van der Waals surface area contributed by atoms with Crippen LogP contribution in [0.15, 0.2) is 36.8 Å². The van der Waals surface area contributed by atoms with Gasteiger partial charge in [-0.15, -0.1) is 0 Å². The number of anilines is 2. The molecule has 0 radical (unpaired) electrons. The summed E-state index contributed by atoms with van der Waals surface area (Å²) in [6.07, 6.45) is 7.01. The molecule has 8 nitrogen and oxygen atoms in total. The molecular formula is C25H24N6O2. The number of aryl methyl sites for hydroxylation is 1. The zero-order valence-corrected chi connectivity index (χ0v) is 18.6. The van der Waals surface area contributed by atoms with E-state index in [0.717, 1.165) is 47.1 Å². The Kier molecular flexibility index (Phi) is 5.48. The number of rotatable bonds is 3. The first-order chi connectivity index (χ1) is 16.0. The monoisotopic (exact) mass is 440 g/mol. The smallest absolute Gasteiger partial charge is 0.243 e. The molecule has 2 aliphatic rings. The SMILES string of the molecule is Cc1ncc(C#Cc2ccc(N3CCN[C@H](C)C3=O)cn2)c2cc(NC(=O)C3CC3)ncc12. The lowest BCUT2D eigenvalue weighted by Gasteiger charge is -2.31. The van der Waals surface area contributed by atoms with E-state index in [1.807, 2.05) is 32.0 Å². The molecule has 3 aromatic rings. The molecule has 8 heteroatoms. The molecule has 0 bridgehead atoms. The van der Waals surface area contributed by atoms with Gasteiger partial charge in [0.25, 0.3) is 0 Å². The molecular weight excluding hydrogens is 416 g/mol. The minimum Gasteiger partial charge on any atom is -0.310 e. The third-order valence-electron chi connectivity index (χ3n) is 5.98. The summed E-state index contributed by atoms with van der Waals surface area (Å²) >= 11 is 0. The molecule has 1 saturated heterocycles. The maximum absolute atomic E-state index is 12.4. The summed E-state index contributed by atoms with van der Waals surface area (Å²) < 4.78 is 0. The van der Waals surface area contributed by atoms with Crippen LogP contribution in [0.1, 0.15) is 36.7 Å². The lowest BCUT2D eigenvalue weighted by Crippen LogP contribution is -2.53. The highest BCUT2D eigenvalue weighted by atomic mass is 16.2. The second kappa shape index (κ2) is 8.60. The number of nitrogens with zero attached hydrogens (tertiary/aromatic N) is 4. The maximum Gasteiger partial charge on any atom is 0.243 e. The molecule has 5 rings (SSSR count). The predicted molar refractivity (Wildman–Crippen MR) is 126 cm³/mol. The van der Waals surface area contributed by atoms with E-state index in [1.54, 1.807) is 23.5 Å². The van der Waals surface area contributed by atoms with Crippen LogP contribution < -0.4 is 15.5 Å². The van der Waals surface area contributed by atoms with Crippen LogP contribution in [-0.4, -0.2) is 45.9 Å². The highest BCUT2D eigenvalue weighted by Gasteiger charge is 2.30. The first-order valence-electron chi connectivity index (χ1n) is 11.1. The zero-order chi connectivity index (χ0) is 22.9. The second-order valence-corrected chi connectivity index (χ2v) is 8.45. The topological polar surface area (TPSA) is 100 Å². The van der Waals surface area contributed by atoms with Crippen molar-refractivity contribution < 1.29 is 9.59 Å². The molecule has 1 saturated carbocycles. The minimum atomic E-state index is -0.200. The van der Waals surface area contributed by atoms with E-state index in [9.17, 15) is 9.59 Å². The van der Waals surface area contributed by atoms with Crippen molar-refractivity contribution in [1.82, 2.24) is 20.3 Å². The third-order valence-corrected chi connectivity index (χ3v) is 5.98. The lowest BCUT2D eigenvalue weighted by atomic mass is 10.1. The van der Waals surface area contributed by atoms with Crippen molar-refractivity contribution in [2.75, 3.05) is 23.3 Å². The first kappa shape index (κ1) is 21.0. The number of aromatic nitrogens is 3. The molecule has 1 aliphatic heterocycles. The Hall–Kier alpha value is -3.83. The Morgan fingerprint density at radius 2 is 1.97 bits per heavy atom. The Labute approximate surface area is 191 Å². The molecule has 1 aliphatic carbocycles. The number of amides is 2. The van der Waals surface area contributed by atoms with Crippen molar-refractivity contribution in [3.05, 3.63) is 53.7 Å². The minimum absolute atomic E-state index is 0.0157. The number of hydrogen-bond donors (Lipinski definition) is 2. The fraction of sp³-hybridized carbons (Fsp3) is 0.320. The molecule has 2 amide bonds. The number of carbonyl (C=O) groups is 2. The number of fused-ring (bicyclic) bond motifs is 1. The van der Waals surface area contributed by atoms with Gasteiger partial charge in [0, 0.05) is 47.9 Å². The second-order valence-electron chi connectivity index (χ2n) is 8.45. The average molecular weight is 441 g/mol. The molecule has 2 fully saturated rings. The van der Waals surface area contributed by atoms with Crippen LogP contribution in [-0.2, 0) is 9.59 Å². The number of carbonyl (C=O) groups excluding carboxylic acids is 2. The molecule has 3 aromatic heterocycles. The van der Waals surface area contributed by atoms with Gasteiger partial charge in [-0.3, -0.25) is 14.6 Å². The molecule has 0 unspecified atom stereocenters. The molecule has 4 heterocycles. The molecule has 0 spiro atoms. The standard InChI is InChI=1S/C25H24N6O2/c1-15-22-14-29-23(30-24(32)17-3-4-17)11-21(22)18(12-27-15)5-6-19-7-8-20(13-28-19)31-10-9-26-16(2)25(31)33/h7-8,11-14,16-17,26H,3-4,9-10H2,1-2H3,(H,29,30,32)/t16-/m1/s1. The first-order valence-corrected chi connectivity index (χ1v) is 11.1. The van der Waals surface area contributed by atoms with Gasteiger partial charge in [0.2, 0.25) is 11.8 Å². The van der Waals surface area contributed by atoms with Gasteiger partial charge in [0.15, 0.2) is 0 Å². The average Bonchev–Trinajstić information content (AvgIpc) is 3.67. The predicted octanol–water partition coefficient (Wildman–Crippen LogP) is 2.41. The quantitative estimate of drug-likeness (QED) is 0.607. The summed E-state index contributed by atoms with van der Waals surface area (Å²) in [5, 5.41) is 7.82. The van der Waals surface area contributed by atoms with Crippen LogP contribution in [0.2, 0.25) is 0 Å². The molecule has 2 N–H and O–H groups in total. The fourth-order valence-electron chi connectivity index (χ4n) is 3.84. The largest absolute Gasteiger partial charge is 0.310 e. The van der Waals surface area contributed by atoms with Gasteiger partial charge in [-0.1, -0.05) is 5.92 Å². The van der Waals surface area contributed by atoms with Gasteiger partial charge in [0.05, 0.1) is 23.5 Å². The number of pyridine rings is 3. The van der Waals surface area contributed by atoms with Crippen LogP contribution in [0.3, 0.4) is 0 Å². The van der Waals surface area contributed by atoms with E-state index in [1.165, 1.54) is 0 Å². The van der Waals surface area contributed by atoms with Crippen molar-refractivity contribution in [3.63, 3.8) is 0 Å². The fourth-order valence-corrected chi connectivity index (χ4v) is 3.84. The van der Waals surface area contributed by atoms with Crippen molar-refractivity contribution in [2.24, 2.45) is 5.92 Å². The Balaban J connectivity index is 1.41. The van der Waals surface area contributed by atoms with Gasteiger partial charge < -0.3 is 15.5 Å². The Morgan fingerprint density at radius 1 is 1.12 bits per heavy atom. The number of hydrogen-bond acceptors (Lipinski definition) is 6. The molecule has 166 valence electrons. The summed E-state index contributed by atoms with van der Waals surface area (Å²) in [4.78, 5) is 39.5. The van der Waals surface area contributed by atoms with Crippen molar-refractivity contribution in [1.29, 1.82) is 0 Å². The number of nitrogens with one attached hydrogen (secondary N) is 2. The van der Waals surface area contributed by atoms with Crippen molar-refractivity contribution >= 4 is 34.1 Å². The maximum atomic E-state index is 12.4. The number of piperazine rings is 1. The normalized spacial score (nSPS) is 18.1. The summed E-state index contributed by atoms with van der Waals surface area (Å²) in [6.45, 7) is 5.15. The van der Waals surface area contributed by atoms with Crippen LogP contribution in [0.5, 0.6) is 0 Å². The summed E-state index contributed by atoms with van der Waals surface area (Å²) in [7, 11) is 0. The Bertz CT molecular complexity index is 1300. The van der Waals surface area contributed by atoms with E-state index in [2.05, 4.69) is 37.4 Å². The van der Waals surface area contributed by atoms with E-state index in [-0.39, 0.29) is 23.8 Å². The van der Waals surface area contributed by atoms with Crippen LogP contribution in [0.4, 0.5) is 11.5 Å². The third kappa shape index (κ3) is 4.41. The summed E-state index contributed by atoms with van der Waals surface area (Å²) in [6, 6.07) is 5.33. The highest BCUT2D eigenvalue weighted by Crippen LogP contribution is 2.30. The highest BCUT2D eigenvalue weighted by molar-refractivity contribution is 5.98. The van der Waals surface area contributed by atoms with Crippen LogP contribution >= 0.6 is 0 Å². The van der Waals surface area contributed by atoms with Gasteiger partial charge in [-0.25, -0.2) is 9.97 Å². The molecule has 33 heavy (non-hydrogen) atoms. The lowest BCUT2D eigenvalue weighted by molar-refractivity contribution is -0.121. The van der Waals surface area contributed by atoms with Gasteiger partial charge in [0.1, 0.15) is 11.5 Å². The molecule has 0 aromatic carbocycles. The zero-order valence-electron chi connectivity index (χ0n) is 18.6.